The van der Waals surface area contributed by atoms with Crippen LogP contribution in [-0.4, -0.2) is 11.6 Å². The molecule has 1 heterocycles. The normalized spacial score (nSPS) is 10.2. The van der Waals surface area contributed by atoms with Crippen molar-refractivity contribution in [2.45, 2.75) is 6.92 Å². The van der Waals surface area contributed by atoms with E-state index >= 15 is 0 Å². The van der Waals surface area contributed by atoms with Crippen LogP contribution in [0.15, 0.2) is 36.9 Å². The molecule has 1 aromatic heterocycles. The molecule has 0 aliphatic rings. The summed E-state index contributed by atoms with van der Waals surface area (Å²) in [6, 6.07) is 9.88. The Bertz CT molecular complexity index is 491. The lowest BCUT2D eigenvalue weighted by Crippen LogP contribution is -1.91. The molecule has 1 aromatic carbocycles. The number of hydrogen-bond donors (Lipinski definition) is 0. The molecule has 0 saturated heterocycles. The van der Waals surface area contributed by atoms with Gasteiger partial charge in [-0.2, -0.15) is 0 Å². The average Bonchev–Trinajstić information content (AvgIpc) is 2.29. The summed E-state index contributed by atoms with van der Waals surface area (Å²) < 4.78 is 5.42. The highest BCUT2D eigenvalue weighted by atomic mass is 16.5. The van der Waals surface area contributed by atoms with Gasteiger partial charge in [-0.25, -0.2) is 4.98 Å². The van der Waals surface area contributed by atoms with Crippen molar-refractivity contribution in [3.05, 3.63) is 42.6 Å². The molecule has 0 spiro atoms. The minimum absolute atomic E-state index is 0.684. The molecule has 0 aliphatic heterocycles. The summed E-state index contributed by atoms with van der Waals surface area (Å²) in [4.78, 5) is 4.42. The first-order valence-electron chi connectivity index (χ1n) is 4.99. The van der Waals surface area contributed by atoms with E-state index in [1.807, 2.05) is 37.3 Å². The van der Waals surface area contributed by atoms with Gasteiger partial charge in [-0.15, -0.1) is 0 Å². The fraction of sp³-hybridized carbons (Fsp3) is 0.154. The highest BCUT2D eigenvalue weighted by Gasteiger charge is 1.98. The number of pyridine rings is 1. The van der Waals surface area contributed by atoms with Gasteiger partial charge >= 0.3 is 0 Å². The van der Waals surface area contributed by atoms with E-state index < -0.39 is 0 Å². The van der Waals surface area contributed by atoms with Crippen molar-refractivity contribution in [3.8, 4) is 5.75 Å². The summed E-state index contributed by atoms with van der Waals surface area (Å²) in [6.45, 7) is 6.36. The first-order chi connectivity index (χ1) is 7.33. The number of benzene rings is 1. The second kappa shape index (κ2) is 4.13. The van der Waals surface area contributed by atoms with Gasteiger partial charge in [0.25, 0.3) is 0 Å². The molecule has 2 heteroatoms. The Morgan fingerprint density at radius 1 is 1.33 bits per heavy atom. The van der Waals surface area contributed by atoms with Gasteiger partial charge in [-0.1, -0.05) is 12.6 Å². The molecule has 0 unspecified atom stereocenters. The van der Waals surface area contributed by atoms with Crippen molar-refractivity contribution in [2.75, 3.05) is 6.61 Å². The van der Waals surface area contributed by atoms with Gasteiger partial charge in [0.15, 0.2) is 0 Å². The lowest BCUT2D eigenvalue weighted by atomic mass is 10.2. The molecule has 0 N–H and O–H groups in total. The first kappa shape index (κ1) is 9.71. The number of rotatable bonds is 3. The number of nitrogens with zero attached hydrogens (tertiary/aromatic N) is 1. The largest absolute Gasteiger partial charge is 0.494 e. The highest BCUT2D eigenvalue weighted by Crippen LogP contribution is 2.20. The smallest absolute Gasteiger partial charge is 0.120 e. The Morgan fingerprint density at radius 2 is 2.20 bits per heavy atom. The molecule has 0 saturated carbocycles. The summed E-state index contributed by atoms with van der Waals surface area (Å²) in [5.74, 6) is 0.887. The van der Waals surface area contributed by atoms with Gasteiger partial charge in [0, 0.05) is 5.39 Å². The SMILES string of the molecule is C=Cc1ccc2cc(OCC)ccc2n1. The third-order valence-corrected chi connectivity index (χ3v) is 2.20. The molecule has 2 aromatic rings. The van der Waals surface area contributed by atoms with Crippen LogP contribution in [0.2, 0.25) is 0 Å². The van der Waals surface area contributed by atoms with Crippen LogP contribution < -0.4 is 4.74 Å². The zero-order valence-electron chi connectivity index (χ0n) is 8.73. The van der Waals surface area contributed by atoms with Gasteiger partial charge in [-0.05, 0) is 37.3 Å². The Balaban J connectivity index is 2.49. The van der Waals surface area contributed by atoms with E-state index in [9.17, 15) is 0 Å². The summed E-state index contributed by atoms with van der Waals surface area (Å²) in [6.07, 6.45) is 1.75. The van der Waals surface area contributed by atoms with Gasteiger partial charge in [-0.3, -0.25) is 0 Å². The number of ether oxygens (including phenoxy) is 1. The van der Waals surface area contributed by atoms with Crippen LogP contribution in [0.3, 0.4) is 0 Å². The van der Waals surface area contributed by atoms with Crippen LogP contribution >= 0.6 is 0 Å². The Morgan fingerprint density at radius 3 is 2.93 bits per heavy atom. The van der Waals surface area contributed by atoms with Crippen LogP contribution in [0.25, 0.3) is 17.0 Å². The van der Waals surface area contributed by atoms with Gasteiger partial charge in [0.1, 0.15) is 5.75 Å². The topological polar surface area (TPSA) is 22.1 Å². The standard InChI is InChI=1S/C13H13NO/c1-3-11-6-5-10-9-12(15-4-2)7-8-13(10)14-11/h3,5-9H,1,4H2,2H3. The maximum Gasteiger partial charge on any atom is 0.120 e. The highest BCUT2D eigenvalue weighted by molar-refractivity contribution is 5.81. The Hall–Kier alpha value is -1.83. The van der Waals surface area contributed by atoms with Crippen molar-refractivity contribution >= 4 is 17.0 Å². The summed E-state index contributed by atoms with van der Waals surface area (Å²) >= 11 is 0. The zero-order chi connectivity index (χ0) is 10.7. The van der Waals surface area contributed by atoms with Crippen molar-refractivity contribution in [3.63, 3.8) is 0 Å². The molecule has 2 nitrogen and oxygen atoms in total. The van der Waals surface area contributed by atoms with E-state index in [0.29, 0.717) is 6.61 Å². The van der Waals surface area contributed by atoms with E-state index in [-0.39, 0.29) is 0 Å². The molecule has 0 amide bonds. The molecule has 2 rings (SSSR count). The van der Waals surface area contributed by atoms with Crippen molar-refractivity contribution in [1.29, 1.82) is 0 Å². The minimum Gasteiger partial charge on any atom is -0.494 e. The van der Waals surface area contributed by atoms with E-state index in [4.69, 9.17) is 4.74 Å². The third kappa shape index (κ3) is 1.99. The molecule has 0 radical (unpaired) electrons. The lowest BCUT2D eigenvalue weighted by molar-refractivity contribution is 0.340. The van der Waals surface area contributed by atoms with Gasteiger partial charge in [0.2, 0.25) is 0 Å². The molecule has 0 bridgehead atoms. The fourth-order valence-corrected chi connectivity index (χ4v) is 1.49. The predicted octanol–water partition coefficient (Wildman–Crippen LogP) is 3.28. The first-order valence-corrected chi connectivity index (χ1v) is 4.99. The van der Waals surface area contributed by atoms with E-state index in [2.05, 4.69) is 11.6 Å². The Labute approximate surface area is 89.2 Å². The Kier molecular flexibility index (Phi) is 2.68. The zero-order valence-corrected chi connectivity index (χ0v) is 8.73. The lowest BCUT2D eigenvalue weighted by Gasteiger charge is -2.04. The summed E-state index contributed by atoms with van der Waals surface area (Å²) in [5, 5.41) is 1.09. The second-order valence-electron chi connectivity index (χ2n) is 3.23. The van der Waals surface area contributed by atoms with E-state index in [1.54, 1.807) is 6.08 Å². The van der Waals surface area contributed by atoms with Crippen LogP contribution in [-0.2, 0) is 0 Å². The molecule has 15 heavy (non-hydrogen) atoms. The maximum atomic E-state index is 5.42. The molecule has 0 aliphatic carbocycles. The third-order valence-electron chi connectivity index (χ3n) is 2.20. The summed E-state index contributed by atoms with van der Waals surface area (Å²) in [7, 11) is 0. The maximum absolute atomic E-state index is 5.42. The predicted molar refractivity (Wildman–Crippen MR) is 63.0 cm³/mol. The van der Waals surface area contributed by atoms with E-state index in [1.165, 1.54) is 0 Å². The number of aromatic nitrogens is 1. The van der Waals surface area contributed by atoms with Crippen LogP contribution in [0.4, 0.5) is 0 Å². The molecule has 0 fully saturated rings. The average molecular weight is 199 g/mol. The molecular formula is C13H13NO. The van der Waals surface area contributed by atoms with Crippen LogP contribution in [0.1, 0.15) is 12.6 Å². The quantitative estimate of drug-likeness (QED) is 0.756. The fourth-order valence-electron chi connectivity index (χ4n) is 1.49. The second-order valence-corrected chi connectivity index (χ2v) is 3.23. The molecule has 76 valence electrons. The van der Waals surface area contributed by atoms with Gasteiger partial charge in [0.05, 0.1) is 17.8 Å². The number of fused-ring (bicyclic) bond motifs is 1. The minimum atomic E-state index is 0.684. The van der Waals surface area contributed by atoms with Crippen LogP contribution in [0, 0.1) is 0 Å². The number of hydrogen-bond acceptors (Lipinski definition) is 2. The van der Waals surface area contributed by atoms with Gasteiger partial charge < -0.3 is 4.74 Å². The summed E-state index contributed by atoms with van der Waals surface area (Å²) in [5.41, 5.74) is 1.86. The molecular weight excluding hydrogens is 186 g/mol. The monoisotopic (exact) mass is 199 g/mol. The van der Waals surface area contributed by atoms with Crippen molar-refractivity contribution in [2.24, 2.45) is 0 Å². The van der Waals surface area contributed by atoms with Crippen LogP contribution in [0.5, 0.6) is 5.75 Å². The van der Waals surface area contributed by atoms with Crippen molar-refractivity contribution in [1.82, 2.24) is 4.98 Å². The van der Waals surface area contributed by atoms with E-state index in [0.717, 1.165) is 22.3 Å². The molecule has 0 atom stereocenters. The van der Waals surface area contributed by atoms with Crippen molar-refractivity contribution < 1.29 is 4.74 Å².